The summed E-state index contributed by atoms with van der Waals surface area (Å²) >= 11 is 0. The molecule has 7 nitrogen and oxygen atoms in total. The summed E-state index contributed by atoms with van der Waals surface area (Å²) in [5.74, 6) is -0.0616. The zero-order valence-electron chi connectivity index (χ0n) is 10.1. The molecule has 1 aliphatic rings. The third-order valence-corrected chi connectivity index (χ3v) is 5.03. The highest BCUT2D eigenvalue weighted by Crippen LogP contribution is 2.26. The Morgan fingerprint density at radius 1 is 1.47 bits per heavy atom. The van der Waals surface area contributed by atoms with Crippen LogP contribution in [0.4, 0.5) is 5.69 Å². The molecule has 1 fully saturated rings. The third-order valence-electron chi connectivity index (χ3n) is 3.17. The minimum absolute atomic E-state index is 0.0546. The highest BCUT2D eigenvalue weighted by Gasteiger charge is 2.32. The number of nitrogens with zero attached hydrogens (tertiary/aromatic N) is 2. The molecule has 1 N–H and O–H groups in total. The van der Waals surface area contributed by atoms with Crippen LogP contribution in [0.15, 0.2) is 29.2 Å². The maximum atomic E-state index is 12.3. The van der Waals surface area contributed by atoms with E-state index in [4.69, 9.17) is 5.11 Å². The average molecular weight is 286 g/mol. The standard InChI is InChI=1S/C11H14N2O5S/c14-8-9-4-5-12(7-9)19(17,18)11-3-1-2-10(6-11)13(15)16/h1-3,6,9,14H,4-5,7-8H2. The number of aliphatic hydroxyl groups is 1. The lowest BCUT2D eigenvalue weighted by molar-refractivity contribution is -0.385. The fourth-order valence-corrected chi connectivity index (χ4v) is 3.64. The van der Waals surface area contributed by atoms with Gasteiger partial charge < -0.3 is 5.11 Å². The van der Waals surface area contributed by atoms with Crippen molar-refractivity contribution >= 4 is 15.7 Å². The van der Waals surface area contributed by atoms with Gasteiger partial charge in [-0.3, -0.25) is 10.1 Å². The van der Waals surface area contributed by atoms with E-state index in [2.05, 4.69) is 0 Å². The predicted octanol–water partition coefficient (Wildman–Crippen LogP) is 0.598. The second-order valence-corrected chi connectivity index (χ2v) is 6.39. The van der Waals surface area contributed by atoms with Crippen LogP contribution in [0, 0.1) is 16.0 Å². The molecule has 1 aliphatic heterocycles. The van der Waals surface area contributed by atoms with Gasteiger partial charge in [0.25, 0.3) is 5.69 Å². The number of nitro benzene ring substituents is 1. The van der Waals surface area contributed by atoms with Crippen LogP contribution in [0.1, 0.15) is 6.42 Å². The molecule has 0 bridgehead atoms. The number of benzene rings is 1. The summed E-state index contributed by atoms with van der Waals surface area (Å²) in [4.78, 5) is 9.96. The smallest absolute Gasteiger partial charge is 0.270 e. The van der Waals surface area contributed by atoms with Crippen molar-refractivity contribution < 1.29 is 18.4 Å². The van der Waals surface area contributed by atoms with Crippen LogP contribution in [0.3, 0.4) is 0 Å². The molecule has 0 radical (unpaired) electrons. The van der Waals surface area contributed by atoms with Gasteiger partial charge in [0, 0.05) is 31.8 Å². The second-order valence-electron chi connectivity index (χ2n) is 4.45. The first-order valence-corrected chi connectivity index (χ1v) is 7.24. The minimum atomic E-state index is -3.72. The van der Waals surface area contributed by atoms with E-state index in [0.29, 0.717) is 13.0 Å². The van der Waals surface area contributed by atoms with Gasteiger partial charge >= 0.3 is 0 Å². The van der Waals surface area contributed by atoms with Crippen molar-refractivity contribution in [1.29, 1.82) is 0 Å². The third kappa shape index (κ3) is 2.75. The molecule has 1 aromatic rings. The Bertz CT molecular complexity index is 587. The predicted molar refractivity (Wildman–Crippen MR) is 67.0 cm³/mol. The van der Waals surface area contributed by atoms with E-state index in [1.807, 2.05) is 0 Å². The summed E-state index contributed by atoms with van der Waals surface area (Å²) < 4.78 is 25.8. The molecule has 1 saturated heterocycles. The van der Waals surface area contributed by atoms with E-state index in [0.717, 1.165) is 6.07 Å². The minimum Gasteiger partial charge on any atom is -0.396 e. The first-order chi connectivity index (χ1) is 8.95. The lowest BCUT2D eigenvalue weighted by Crippen LogP contribution is -2.29. The molecular weight excluding hydrogens is 272 g/mol. The lowest BCUT2D eigenvalue weighted by Gasteiger charge is -2.16. The van der Waals surface area contributed by atoms with Crippen LogP contribution in [0.25, 0.3) is 0 Å². The van der Waals surface area contributed by atoms with Crippen LogP contribution >= 0.6 is 0 Å². The van der Waals surface area contributed by atoms with Crippen molar-refractivity contribution in [3.8, 4) is 0 Å². The number of non-ortho nitro benzene ring substituents is 1. The van der Waals surface area contributed by atoms with Crippen molar-refractivity contribution in [2.24, 2.45) is 5.92 Å². The van der Waals surface area contributed by atoms with Crippen molar-refractivity contribution in [1.82, 2.24) is 4.31 Å². The monoisotopic (exact) mass is 286 g/mol. The number of rotatable bonds is 4. The molecule has 0 saturated carbocycles. The normalized spacial score (nSPS) is 20.6. The van der Waals surface area contributed by atoms with Crippen LogP contribution in [-0.4, -0.2) is 42.4 Å². The Kier molecular flexibility index (Phi) is 3.83. The van der Waals surface area contributed by atoms with Gasteiger partial charge in [-0.05, 0) is 18.4 Å². The van der Waals surface area contributed by atoms with E-state index in [1.165, 1.54) is 22.5 Å². The summed E-state index contributed by atoms with van der Waals surface area (Å²) in [6.07, 6.45) is 0.602. The van der Waals surface area contributed by atoms with Crippen LogP contribution in [-0.2, 0) is 10.0 Å². The number of nitro groups is 1. The molecule has 0 aliphatic carbocycles. The highest BCUT2D eigenvalue weighted by molar-refractivity contribution is 7.89. The van der Waals surface area contributed by atoms with Gasteiger partial charge in [0.15, 0.2) is 0 Å². The van der Waals surface area contributed by atoms with Crippen LogP contribution in [0.2, 0.25) is 0 Å². The quantitative estimate of drug-likeness (QED) is 0.645. The molecule has 0 aromatic heterocycles. The number of hydrogen-bond acceptors (Lipinski definition) is 5. The molecule has 104 valence electrons. The number of sulfonamides is 1. The van der Waals surface area contributed by atoms with E-state index in [9.17, 15) is 18.5 Å². The Labute approximate surface area is 110 Å². The topological polar surface area (TPSA) is 101 Å². The average Bonchev–Trinajstić information content (AvgIpc) is 2.88. The lowest BCUT2D eigenvalue weighted by atomic mass is 10.1. The van der Waals surface area contributed by atoms with Gasteiger partial charge in [0.1, 0.15) is 0 Å². The van der Waals surface area contributed by atoms with E-state index >= 15 is 0 Å². The molecule has 0 amide bonds. The summed E-state index contributed by atoms with van der Waals surface area (Å²) in [7, 11) is -3.72. The summed E-state index contributed by atoms with van der Waals surface area (Å²) in [5.41, 5.74) is -0.251. The fraction of sp³-hybridized carbons (Fsp3) is 0.455. The molecule has 1 heterocycles. The van der Waals surface area contributed by atoms with E-state index in [1.54, 1.807) is 0 Å². The van der Waals surface area contributed by atoms with Gasteiger partial charge in [-0.2, -0.15) is 4.31 Å². The van der Waals surface area contributed by atoms with Crippen molar-refractivity contribution in [3.05, 3.63) is 34.4 Å². The van der Waals surface area contributed by atoms with Gasteiger partial charge in [-0.15, -0.1) is 0 Å². The molecule has 1 aromatic carbocycles. The van der Waals surface area contributed by atoms with Crippen LogP contribution in [0.5, 0.6) is 0 Å². The van der Waals surface area contributed by atoms with E-state index in [-0.39, 0.29) is 29.7 Å². The molecule has 8 heteroatoms. The molecule has 2 rings (SSSR count). The molecule has 1 unspecified atom stereocenters. The summed E-state index contributed by atoms with van der Waals surface area (Å²) in [6.45, 7) is 0.527. The Morgan fingerprint density at radius 3 is 2.79 bits per heavy atom. The van der Waals surface area contributed by atoms with Crippen LogP contribution < -0.4 is 0 Å². The second kappa shape index (κ2) is 5.24. The number of hydrogen-bond donors (Lipinski definition) is 1. The van der Waals surface area contributed by atoms with Gasteiger partial charge in [-0.25, -0.2) is 8.42 Å². The molecule has 19 heavy (non-hydrogen) atoms. The summed E-state index contributed by atoms with van der Waals surface area (Å²) in [6, 6.07) is 5.00. The zero-order valence-corrected chi connectivity index (χ0v) is 10.9. The largest absolute Gasteiger partial charge is 0.396 e. The van der Waals surface area contributed by atoms with Crippen molar-refractivity contribution in [2.75, 3.05) is 19.7 Å². The van der Waals surface area contributed by atoms with Gasteiger partial charge in [-0.1, -0.05) is 6.07 Å². The van der Waals surface area contributed by atoms with Crippen molar-refractivity contribution in [2.45, 2.75) is 11.3 Å². The SMILES string of the molecule is O=[N+]([O-])c1cccc(S(=O)(=O)N2CCC(CO)C2)c1. The first kappa shape index (κ1) is 13.9. The zero-order chi connectivity index (χ0) is 14.0. The summed E-state index contributed by atoms with van der Waals surface area (Å²) in [5, 5.41) is 19.7. The van der Waals surface area contributed by atoms with Gasteiger partial charge in [0.2, 0.25) is 10.0 Å². The molecule has 1 atom stereocenters. The Morgan fingerprint density at radius 2 is 2.21 bits per heavy atom. The number of aliphatic hydroxyl groups excluding tert-OH is 1. The van der Waals surface area contributed by atoms with Gasteiger partial charge in [0.05, 0.1) is 9.82 Å². The molecular formula is C11H14N2O5S. The van der Waals surface area contributed by atoms with Crippen molar-refractivity contribution in [3.63, 3.8) is 0 Å². The highest BCUT2D eigenvalue weighted by atomic mass is 32.2. The Hall–Kier alpha value is -1.51. The van der Waals surface area contributed by atoms with E-state index < -0.39 is 14.9 Å². The fourth-order valence-electron chi connectivity index (χ4n) is 2.07. The maximum absolute atomic E-state index is 12.3. The Balaban J connectivity index is 2.30. The first-order valence-electron chi connectivity index (χ1n) is 5.80. The molecule has 0 spiro atoms. The maximum Gasteiger partial charge on any atom is 0.270 e.